The first-order valence-electron chi connectivity index (χ1n) is 7.51. The summed E-state index contributed by atoms with van der Waals surface area (Å²) in [6.07, 6.45) is 1.39. The van der Waals surface area contributed by atoms with E-state index in [0.29, 0.717) is 12.8 Å². The molecule has 1 saturated heterocycles. The third-order valence-electron chi connectivity index (χ3n) is 4.30. The monoisotopic (exact) mass is 315 g/mol. The highest BCUT2D eigenvalue weighted by molar-refractivity contribution is 6.22. The number of hydrogen-bond donors (Lipinski definition) is 2. The maximum Gasteiger partial charge on any atom is 0.261 e. The highest BCUT2D eigenvalue weighted by Crippen LogP contribution is 2.22. The Kier molecular flexibility index (Phi) is 3.96. The van der Waals surface area contributed by atoms with Gasteiger partial charge < -0.3 is 5.32 Å². The summed E-state index contributed by atoms with van der Waals surface area (Å²) in [6.45, 7) is 1.52. The highest BCUT2D eigenvalue weighted by atomic mass is 16.2. The molecule has 0 aromatic heterocycles. The molecule has 0 atom stereocenters. The molecule has 7 nitrogen and oxygen atoms in total. The van der Waals surface area contributed by atoms with Crippen molar-refractivity contribution in [3.05, 3.63) is 34.9 Å². The van der Waals surface area contributed by atoms with E-state index in [1.54, 1.807) is 0 Å². The second kappa shape index (κ2) is 5.92. The molecule has 4 amide bonds. The van der Waals surface area contributed by atoms with Crippen LogP contribution in [-0.2, 0) is 4.79 Å². The summed E-state index contributed by atoms with van der Waals surface area (Å²) >= 11 is 0. The fourth-order valence-electron chi connectivity index (χ4n) is 2.87. The van der Waals surface area contributed by atoms with Crippen LogP contribution in [0.25, 0.3) is 0 Å². The molecule has 23 heavy (non-hydrogen) atoms. The van der Waals surface area contributed by atoms with E-state index in [4.69, 9.17) is 0 Å². The largest absolute Gasteiger partial charge is 0.317 e. The predicted octanol–water partition coefficient (Wildman–Crippen LogP) is 0.168. The Bertz CT molecular complexity index is 707. The molecule has 2 aliphatic rings. The first kappa shape index (κ1) is 15.4. The van der Waals surface area contributed by atoms with Gasteiger partial charge in [-0.15, -0.1) is 0 Å². The second-order valence-corrected chi connectivity index (χ2v) is 5.77. The number of carbonyl (C=O) groups is 4. The van der Waals surface area contributed by atoms with Crippen molar-refractivity contribution >= 4 is 23.6 Å². The van der Waals surface area contributed by atoms with Gasteiger partial charge in [0.05, 0.1) is 11.1 Å². The number of carbonyl (C=O) groups excluding carboxylic acids is 4. The number of hydrogen-bond acceptors (Lipinski definition) is 5. The molecule has 2 N–H and O–H groups in total. The lowest BCUT2D eigenvalue weighted by atomic mass is 9.97. The van der Waals surface area contributed by atoms with Crippen LogP contribution in [0, 0.1) is 5.92 Å². The number of nitrogens with zero attached hydrogens (tertiary/aromatic N) is 1. The topological polar surface area (TPSA) is 95.6 Å². The molecule has 0 spiro atoms. The lowest BCUT2D eigenvalue weighted by Gasteiger charge is -2.21. The smallest absolute Gasteiger partial charge is 0.261 e. The van der Waals surface area contributed by atoms with Crippen LogP contribution in [0.5, 0.6) is 0 Å². The number of fused-ring (bicyclic) bond motifs is 1. The number of piperidine rings is 1. The van der Waals surface area contributed by atoms with E-state index in [2.05, 4.69) is 10.6 Å². The van der Waals surface area contributed by atoms with Crippen LogP contribution in [0.3, 0.4) is 0 Å². The molecule has 0 aliphatic carbocycles. The molecule has 0 unspecified atom stereocenters. The Morgan fingerprint density at radius 2 is 1.78 bits per heavy atom. The molecule has 7 heteroatoms. The van der Waals surface area contributed by atoms with Gasteiger partial charge in [-0.2, -0.15) is 0 Å². The van der Waals surface area contributed by atoms with Crippen molar-refractivity contribution in [1.82, 2.24) is 15.5 Å². The molecule has 3 rings (SSSR count). The first-order chi connectivity index (χ1) is 11.0. The molecular formula is C16H17N3O4. The number of benzene rings is 1. The van der Waals surface area contributed by atoms with Crippen LogP contribution in [-0.4, -0.2) is 48.7 Å². The Morgan fingerprint density at radius 1 is 1.13 bits per heavy atom. The third kappa shape index (κ3) is 2.75. The Hall–Kier alpha value is -2.54. The molecule has 1 aromatic rings. The van der Waals surface area contributed by atoms with Crippen LogP contribution in [0.4, 0.5) is 0 Å². The Morgan fingerprint density at radius 3 is 2.48 bits per heavy atom. The average molecular weight is 315 g/mol. The predicted molar refractivity (Wildman–Crippen MR) is 80.9 cm³/mol. The maximum atomic E-state index is 12.2. The van der Waals surface area contributed by atoms with E-state index in [1.807, 2.05) is 0 Å². The Balaban J connectivity index is 1.75. The zero-order valence-corrected chi connectivity index (χ0v) is 12.7. The summed E-state index contributed by atoms with van der Waals surface area (Å²) in [5.41, 5.74) is 0.667. The molecule has 0 bridgehead atoms. The fourth-order valence-corrected chi connectivity index (χ4v) is 2.87. The zero-order chi connectivity index (χ0) is 16.6. The lowest BCUT2D eigenvalue weighted by Crippen LogP contribution is -2.40. The van der Waals surface area contributed by atoms with Crippen LogP contribution >= 0.6 is 0 Å². The highest BCUT2D eigenvalue weighted by Gasteiger charge is 2.33. The van der Waals surface area contributed by atoms with Crippen LogP contribution in [0.15, 0.2) is 18.2 Å². The van der Waals surface area contributed by atoms with E-state index in [-0.39, 0.29) is 34.4 Å². The van der Waals surface area contributed by atoms with Gasteiger partial charge in [-0.1, -0.05) is 0 Å². The van der Waals surface area contributed by atoms with Crippen molar-refractivity contribution in [3.8, 4) is 0 Å². The van der Waals surface area contributed by atoms with Crippen molar-refractivity contribution in [2.24, 2.45) is 5.92 Å². The van der Waals surface area contributed by atoms with Crippen molar-refractivity contribution in [2.75, 3.05) is 20.1 Å². The van der Waals surface area contributed by atoms with Gasteiger partial charge in [-0.25, -0.2) is 0 Å². The van der Waals surface area contributed by atoms with E-state index in [9.17, 15) is 19.2 Å². The summed E-state index contributed by atoms with van der Waals surface area (Å²) in [5.74, 6) is -1.85. The molecular weight excluding hydrogens is 298 g/mol. The van der Waals surface area contributed by atoms with Gasteiger partial charge in [0, 0.05) is 18.5 Å². The van der Waals surface area contributed by atoms with Gasteiger partial charge in [0.2, 0.25) is 5.91 Å². The second-order valence-electron chi connectivity index (χ2n) is 5.77. The molecule has 120 valence electrons. The molecule has 1 aromatic carbocycles. The lowest BCUT2D eigenvalue weighted by molar-refractivity contribution is -0.124. The molecule has 0 saturated carbocycles. The average Bonchev–Trinajstić information content (AvgIpc) is 2.79. The van der Waals surface area contributed by atoms with Crippen LogP contribution < -0.4 is 10.6 Å². The third-order valence-corrected chi connectivity index (χ3v) is 4.30. The van der Waals surface area contributed by atoms with E-state index in [1.165, 1.54) is 25.2 Å². The summed E-state index contributed by atoms with van der Waals surface area (Å²) < 4.78 is 0. The molecule has 2 aliphatic heterocycles. The van der Waals surface area contributed by atoms with Gasteiger partial charge >= 0.3 is 0 Å². The number of rotatable bonds is 2. The van der Waals surface area contributed by atoms with Gasteiger partial charge in [0.15, 0.2) is 0 Å². The molecule has 0 radical (unpaired) electrons. The van der Waals surface area contributed by atoms with Crippen molar-refractivity contribution in [3.63, 3.8) is 0 Å². The SMILES string of the molecule is CN1C(=O)c2ccc(C(=O)NC(=O)C3CCNCC3)cc2C1=O. The van der Waals surface area contributed by atoms with Gasteiger partial charge in [0.25, 0.3) is 17.7 Å². The summed E-state index contributed by atoms with van der Waals surface area (Å²) in [7, 11) is 1.39. The summed E-state index contributed by atoms with van der Waals surface area (Å²) in [4.78, 5) is 49.1. The van der Waals surface area contributed by atoms with Gasteiger partial charge in [-0.3, -0.25) is 29.4 Å². The normalized spacial score (nSPS) is 18.0. The minimum atomic E-state index is -0.550. The maximum absolute atomic E-state index is 12.2. The van der Waals surface area contributed by atoms with Crippen molar-refractivity contribution < 1.29 is 19.2 Å². The fraction of sp³-hybridized carbons (Fsp3) is 0.375. The quantitative estimate of drug-likeness (QED) is 0.759. The minimum absolute atomic E-state index is 0.177. The number of amides is 4. The standard InChI is InChI=1S/C16H17N3O4/c1-19-15(22)11-3-2-10(8-12(11)16(19)23)14(21)18-13(20)9-4-6-17-7-5-9/h2-3,8-9,17H,4-7H2,1H3,(H,18,20,21). The zero-order valence-electron chi connectivity index (χ0n) is 12.7. The minimum Gasteiger partial charge on any atom is -0.317 e. The van der Waals surface area contributed by atoms with E-state index in [0.717, 1.165) is 18.0 Å². The van der Waals surface area contributed by atoms with Gasteiger partial charge in [-0.05, 0) is 44.1 Å². The van der Waals surface area contributed by atoms with Crippen LogP contribution in [0.2, 0.25) is 0 Å². The van der Waals surface area contributed by atoms with Gasteiger partial charge in [0.1, 0.15) is 0 Å². The van der Waals surface area contributed by atoms with Crippen molar-refractivity contribution in [1.29, 1.82) is 0 Å². The molecule has 1 fully saturated rings. The van der Waals surface area contributed by atoms with Crippen molar-refractivity contribution in [2.45, 2.75) is 12.8 Å². The van der Waals surface area contributed by atoms with Crippen LogP contribution in [0.1, 0.15) is 43.9 Å². The number of nitrogens with one attached hydrogen (secondary N) is 2. The molecule has 2 heterocycles. The number of imide groups is 2. The van der Waals surface area contributed by atoms with E-state index >= 15 is 0 Å². The first-order valence-corrected chi connectivity index (χ1v) is 7.51. The summed E-state index contributed by atoms with van der Waals surface area (Å²) in [6, 6.07) is 4.27. The Labute approximate surface area is 133 Å². The summed E-state index contributed by atoms with van der Waals surface area (Å²) in [5, 5.41) is 5.54. The van der Waals surface area contributed by atoms with E-state index < -0.39 is 11.8 Å².